The van der Waals surface area contributed by atoms with Crippen LogP contribution in [0, 0.1) is 18.8 Å². The molecule has 23 heavy (non-hydrogen) atoms. The Morgan fingerprint density at radius 1 is 1.30 bits per heavy atom. The van der Waals surface area contributed by atoms with Gasteiger partial charge in [-0.15, -0.1) is 0 Å². The highest BCUT2D eigenvalue weighted by Gasteiger charge is 2.43. The summed E-state index contributed by atoms with van der Waals surface area (Å²) in [6, 6.07) is -0.00533. The molecule has 3 rings (SSSR count). The highest BCUT2D eigenvalue weighted by Crippen LogP contribution is 2.38. The third-order valence-electron chi connectivity index (χ3n) is 4.82. The van der Waals surface area contributed by atoms with Crippen LogP contribution in [-0.2, 0) is 4.79 Å². The van der Waals surface area contributed by atoms with E-state index in [1.54, 1.807) is 25.9 Å². The van der Waals surface area contributed by atoms with Gasteiger partial charge in [0.2, 0.25) is 11.8 Å². The summed E-state index contributed by atoms with van der Waals surface area (Å²) in [6.45, 7) is 3.55. The first-order valence-corrected chi connectivity index (χ1v) is 8.01. The first-order valence-electron chi connectivity index (χ1n) is 8.01. The molecular formula is C15H23N5O3. The molecule has 8 heteroatoms. The Morgan fingerprint density at radius 2 is 2.04 bits per heavy atom. The van der Waals surface area contributed by atoms with Gasteiger partial charge in [0.05, 0.1) is 5.92 Å². The number of likely N-dealkylation sites (tertiary alicyclic amines) is 1. The third-order valence-corrected chi connectivity index (χ3v) is 4.82. The number of hydrogen-bond donors (Lipinski definition) is 1. The molecule has 1 N–H and O–H groups in total. The van der Waals surface area contributed by atoms with Crippen LogP contribution in [0.4, 0.5) is 4.79 Å². The number of hydrogen-bond acceptors (Lipinski definition) is 5. The Balaban J connectivity index is 1.80. The number of aromatic nitrogens is 2. The Hall–Kier alpha value is -2.12. The van der Waals surface area contributed by atoms with Crippen molar-refractivity contribution in [2.24, 2.45) is 11.8 Å². The lowest BCUT2D eigenvalue weighted by atomic mass is 9.75. The monoisotopic (exact) mass is 321 g/mol. The molecule has 0 spiro atoms. The molecule has 2 aliphatic heterocycles. The van der Waals surface area contributed by atoms with Crippen LogP contribution in [0.2, 0.25) is 0 Å². The lowest BCUT2D eigenvalue weighted by molar-refractivity contribution is -0.129. The summed E-state index contributed by atoms with van der Waals surface area (Å²) < 4.78 is 5.34. The summed E-state index contributed by atoms with van der Waals surface area (Å²) in [6.07, 6.45) is 1.43. The summed E-state index contributed by atoms with van der Waals surface area (Å²) in [5.74, 6) is 1.30. The average molecular weight is 321 g/mol. The predicted molar refractivity (Wildman–Crippen MR) is 81.7 cm³/mol. The highest BCUT2D eigenvalue weighted by atomic mass is 16.5. The van der Waals surface area contributed by atoms with Crippen molar-refractivity contribution < 1.29 is 14.1 Å². The fraction of sp³-hybridized carbons (Fsp3) is 0.733. The van der Waals surface area contributed by atoms with Gasteiger partial charge < -0.3 is 19.6 Å². The summed E-state index contributed by atoms with van der Waals surface area (Å²) in [5.41, 5.74) is 0. The van der Waals surface area contributed by atoms with Crippen molar-refractivity contribution in [3.05, 3.63) is 11.7 Å². The SMILES string of the molecule is Cc1noc([C@H]2CNC(=O)[C@@H]3CCN(C(=O)N(C)C)CC[C@H]23)n1. The summed E-state index contributed by atoms with van der Waals surface area (Å²) in [5, 5.41) is 6.82. The number of piperidine rings is 1. The smallest absolute Gasteiger partial charge is 0.319 e. The Morgan fingerprint density at radius 3 is 2.70 bits per heavy atom. The molecule has 0 aliphatic carbocycles. The van der Waals surface area contributed by atoms with E-state index in [4.69, 9.17) is 4.52 Å². The average Bonchev–Trinajstić information content (AvgIpc) is 2.82. The van der Waals surface area contributed by atoms with Crippen molar-refractivity contribution >= 4 is 11.9 Å². The zero-order chi connectivity index (χ0) is 16.6. The van der Waals surface area contributed by atoms with E-state index in [2.05, 4.69) is 15.5 Å². The van der Waals surface area contributed by atoms with Gasteiger partial charge in [-0.2, -0.15) is 4.98 Å². The second-order valence-electron chi connectivity index (χ2n) is 6.54. The van der Waals surface area contributed by atoms with E-state index >= 15 is 0 Å². The van der Waals surface area contributed by atoms with E-state index in [9.17, 15) is 9.59 Å². The molecule has 0 aromatic carbocycles. The van der Waals surface area contributed by atoms with E-state index < -0.39 is 0 Å². The predicted octanol–water partition coefficient (Wildman–Crippen LogP) is 0.601. The molecule has 0 saturated carbocycles. The molecule has 2 aliphatic rings. The van der Waals surface area contributed by atoms with Gasteiger partial charge in [0.25, 0.3) is 0 Å². The van der Waals surface area contributed by atoms with Crippen molar-refractivity contribution in [2.75, 3.05) is 33.7 Å². The Labute approximate surface area is 135 Å². The second-order valence-corrected chi connectivity index (χ2v) is 6.54. The number of carbonyl (C=O) groups is 2. The largest absolute Gasteiger partial charge is 0.355 e. The molecule has 2 fully saturated rings. The number of rotatable bonds is 1. The van der Waals surface area contributed by atoms with Gasteiger partial charge in [-0.25, -0.2) is 4.79 Å². The second kappa shape index (κ2) is 6.17. The number of nitrogens with zero attached hydrogens (tertiary/aromatic N) is 4. The number of nitrogens with one attached hydrogen (secondary N) is 1. The maximum absolute atomic E-state index is 12.3. The van der Waals surface area contributed by atoms with Crippen LogP contribution >= 0.6 is 0 Å². The molecule has 3 heterocycles. The zero-order valence-corrected chi connectivity index (χ0v) is 13.8. The molecule has 3 atom stereocenters. The molecule has 1 aromatic heterocycles. The van der Waals surface area contributed by atoms with Crippen LogP contribution in [0.15, 0.2) is 4.52 Å². The van der Waals surface area contributed by atoms with E-state index in [0.717, 1.165) is 6.42 Å². The van der Waals surface area contributed by atoms with Crippen molar-refractivity contribution in [1.29, 1.82) is 0 Å². The minimum atomic E-state index is -0.110. The normalized spacial score (nSPS) is 27.9. The van der Waals surface area contributed by atoms with Crippen LogP contribution in [0.3, 0.4) is 0 Å². The first kappa shape index (κ1) is 15.8. The quantitative estimate of drug-likeness (QED) is 0.818. The van der Waals surface area contributed by atoms with Gasteiger partial charge in [0, 0.05) is 39.6 Å². The Kier molecular flexibility index (Phi) is 4.23. The van der Waals surface area contributed by atoms with Gasteiger partial charge in [-0.3, -0.25) is 4.79 Å². The first-order chi connectivity index (χ1) is 11.0. The fourth-order valence-electron chi connectivity index (χ4n) is 3.64. The van der Waals surface area contributed by atoms with Gasteiger partial charge >= 0.3 is 6.03 Å². The van der Waals surface area contributed by atoms with Gasteiger partial charge in [0.15, 0.2) is 5.82 Å². The van der Waals surface area contributed by atoms with Crippen molar-refractivity contribution in [1.82, 2.24) is 25.3 Å². The maximum Gasteiger partial charge on any atom is 0.319 e. The third kappa shape index (κ3) is 3.02. The van der Waals surface area contributed by atoms with Gasteiger partial charge in [-0.1, -0.05) is 5.16 Å². The van der Waals surface area contributed by atoms with Crippen LogP contribution < -0.4 is 5.32 Å². The molecule has 0 unspecified atom stereocenters. The molecule has 1 aromatic rings. The van der Waals surface area contributed by atoms with Crippen LogP contribution in [0.5, 0.6) is 0 Å². The van der Waals surface area contributed by atoms with Crippen LogP contribution in [0.1, 0.15) is 30.5 Å². The lowest BCUT2D eigenvalue weighted by Gasteiger charge is -2.34. The molecular weight excluding hydrogens is 298 g/mol. The molecule has 8 nitrogen and oxygen atoms in total. The fourth-order valence-corrected chi connectivity index (χ4v) is 3.64. The van der Waals surface area contributed by atoms with E-state index in [-0.39, 0.29) is 29.7 Å². The minimum absolute atomic E-state index is 0.00533. The van der Waals surface area contributed by atoms with E-state index in [0.29, 0.717) is 37.8 Å². The van der Waals surface area contributed by atoms with E-state index in [1.165, 1.54) is 0 Å². The molecule has 2 saturated heterocycles. The van der Waals surface area contributed by atoms with Crippen molar-refractivity contribution in [3.63, 3.8) is 0 Å². The molecule has 0 radical (unpaired) electrons. The van der Waals surface area contributed by atoms with Crippen molar-refractivity contribution in [2.45, 2.75) is 25.7 Å². The highest BCUT2D eigenvalue weighted by molar-refractivity contribution is 5.80. The number of amides is 3. The van der Waals surface area contributed by atoms with Gasteiger partial charge in [0.1, 0.15) is 0 Å². The summed E-state index contributed by atoms with van der Waals surface area (Å²) in [7, 11) is 3.49. The number of urea groups is 1. The van der Waals surface area contributed by atoms with E-state index in [1.807, 2.05) is 4.90 Å². The maximum atomic E-state index is 12.3. The van der Waals surface area contributed by atoms with Crippen LogP contribution in [-0.4, -0.2) is 65.6 Å². The number of aryl methyl sites for hydroxylation is 1. The molecule has 126 valence electrons. The standard InChI is InChI=1S/C15H23N5O3/c1-9-17-14(23-18-9)12-8-16-13(21)11-5-7-20(6-4-10(11)12)15(22)19(2)3/h10-12H,4-8H2,1-3H3,(H,16,21)/t10-,11+,12-/m0/s1. The minimum Gasteiger partial charge on any atom is -0.355 e. The molecule has 0 bridgehead atoms. The topological polar surface area (TPSA) is 91.6 Å². The zero-order valence-electron chi connectivity index (χ0n) is 13.8. The van der Waals surface area contributed by atoms with Gasteiger partial charge in [-0.05, 0) is 25.7 Å². The lowest BCUT2D eigenvalue weighted by Crippen LogP contribution is -2.46. The Bertz CT molecular complexity index is 600. The molecule has 3 amide bonds. The van der Waals surface area contributed by atoms with Crippen LogP contribution in [0.25, 0.3) is 0 Å². The van der Waals surface area contributed by atoms with Crippen molar-refractivity contribution in [3.8, 4) is 0 Å². The summed E-state index contributed by atoms with van der Waals surface area (Å²) in [4.78, 5) is 32.2. The number of fused-ring (bicyclic) bond motifs is 1. The summed E-state index contributed by atoms with van der Waals surface area (Å²) >= 11 is 0. The number of carbonyl (C=O) groups excluding carboxylic acids is 2.